The van der Waals surface area contributed by atoms with Crippen molar-refractivity contribution in [2.24, 2.45) is 0 Å². The number of carbonyl (C=O) groups is 2. The van der Waals surface area contributed by atoms with Crippen LogP contribution in [0.3, 0.4) is 0 Å². The van der Waals surface area contributed by atoms with Gasteiger partial charge in [0.15, 0.2) is 0 Å². The molecule has 0 heterocycles. The van der Waals surface area contributed by atoms with Gasteiger partial charge in [-0.25, -0.2) is 4.79 Å². The molecule has 1 aromatic carbocycles. The lowest BCUT2D eigenvalue weighted by molar-refractivity contribution is -0.139. The number of methoxy groups -OCH3 is 1. The van der Waals surface area contributed by atoms with Crippen molar-refractivity contribution in [1.29, 1.82) is 0 Å². The lowest BCUT2D eigenvalue weighted by Crippen LogP contribution is -2.37. The number of aliphatic carboxylic acids is 1. The van der Waals surface area contributed by atoms with Gasteiger partial charge < -0.3 is 25.8 Å². The molecule has 1 aromatic rings. The van der Waals surface area contributed by atoms with Gasteiger partial charge in [0.1, 0.15) is 0 Å². The van der Waals surface area contributed by atoms with Crippen LogP contribution in [-0.2, 0) is 16.1 Å². The van der Waals surface area contributed by atoms with Crippen LogP contribution in [0.1, 0.15) is 12.0 Å². The summed E-state index contributed by atoms with van der Waals surface area (Å²) < 4.78 is 4.98. The summed E-state index contributed by atoms with van der Waals surface area (Å²) in [4.78, 5) is 22.3. The van der Waals surface area contributed by atoms with E-state index in [2.05, 4.69) is 16.0 Å². The van der Waals surface area contributed by atoms with Crippen LogP contribution >= 0.6 is 0 Å². The first-order valence-corrected chi connectivity index (χ1v) is 6.58. The normalized spacial score (nSPS) is 11.7. The van der Waals surface area contributed by atoms with Crippen molar-refractivity contribution in [1.82, 2.24) is 10.6 Å². The SMILES string of the molecule is CNCc1cccc(NC(=O)NCC(CC(=O)O)OC)c1. The molecule has 4 N–H and O–H groups in total. The second-order valence-electron chi connectivity index (χ2n) is 4.52. The molecule has 1 unspecified atom stereocenters. The van der Waals surface area contributed by atoms with Crippen molar-refractivity contribution in [2.75, 3.05) is 26.0 Å². The second kappa shape index (κ2) is 8.93. The quantitative estimate of drug-likeness (QED) is 0.574. The van der Waals surface area contributed by atoms with E-state index in [-0.39, 0.29) is 13.0 Å². The Morgan fingerprint density at radius 2 is 2.14 bits per heavy atom. The number of rotatable bonds is 8. The van der Waals surface area contributed by atoms with E-state index >= 15 is 0 Å². The summed E-state index contributed by atoms with van der Waals surface area (Å²) in [5.41, 5.74) is 1.73. The predicted octanol–water partition coefficient (Wildman–Crippen LogP) is 1.02. The Bertz CT molecular complexity index is 479. The van der Waals surface area contributed by atoms with Gasteiger partial charge in [-0.3, -0.25) is 4.79 Å². The number of carbonyl (C=O) groups excluding carboxylic acids is 1. The number of urea groups is 1. The van der Waals surface area contributed by atoms with Crippen LogP contribution in [0.4, 0.5) is 10.5 Å². The summed E-state index contributed by atoms with van der Waals surface area (Å²) in [7, 11) is 3.26. The molecule has 0 aliphatic carbocycles. The van der Waals surface area contributed by atoms with Crippen LogP contribution in [0.15, 0.2) is 24.3 Å². The number of amides is 2. The maximum Gasteiger partial charge on any atom is 0.319 e. The Kier molecular flexibility index (Phi) is 7.20. The molecular formula is C14H21N3O4. The highest BCUT2D eigenvalue weighted by Gasteiger charge is 2.13. The van der Waals surface area contributed by atoms with Crippen LogP contribution < -0.4 is 16.0 Å². The van der Waals surface area contributed by atoms with E-state index in [4.69, 9.17) is 9.84 Å². The minimum atomic E-state index is -0.969. The summed E-state index contributed by atoms with van der Waals surface area (Å²) in [5.74, 6) is -0.969. The third-order valence-corrected chi connectivity index (χ3v) is 2.79. The van der Waals surface area contributed by atoms with Gasteiger partial charge in [-0.05, 0) is 24.7 Å². The Hall–Kier alpha value is -2.12. The largest absolute Gasteiger partial charge is 0.481 e. The molecule has 2 amide bonds. The third kappa shape index (κ3) is 6.73. The summed E-state index contributed by atoms with van der Waals surface area (Å²) >= 11 is 0. The standard InChI is InChI=1S/C14H21N3O4/c1-15-8-10-4-3-5-11(6-10)17-14(20)16-9-12(21-2)7-13(18)19/h3-6,12,15H,7-9H2,1-2H3,(H,18,19)(H2,16,17,20). The van der Waals surface area contributed by atoms with Crippen molar-refractivity contribution in [3.63, 3.8) is 0 Å². The molecular weight excluding hydrogens is 274 g/mol. The van der Waals surface area contributed by atoms with Crippen molar-refractivity contribution < 1.29 is 19.4 Å². The average Bonchev–Trinajstić information content (AvgIpc) is 2.44. The maximum atomic E-state index is 11.7. The first kappa shape index (κ1) is 16.9. The van der Waals surface area contributed by atoms with E-state index in [9.17, 15) is 9.59 Å². The Morgan fingerprint density at radius 1 is 1.38 bits per heavy atom. The third-order valence-electron chi connectivity index (χ3n) is 2.79. The molecule has 0 fully saturated rings. The summed E-state index contributed by atoms with van der Waals surface area (Å²) in [5, 5.41) is 17.0. The first-order valence-electron chi connectivity index (χ1n) is 6.58. The smallest absolute Gasteiger partial charge is 0.319 e. The second-order valence-corrected chi connectivity index (χ2v) is 4.52. The minimum Gasteiger partial charge on any atom is -0.481 e. The molecule has 116 valence electrons. The zero-order valence-corrected chi connectivity index (χ0v) is 12.2. The molecule has 0 aliphatic rings. The van der Waals surface area contributed by atoms with Crippen LogP contribution in [-0.4, -0.2) is 43.9 Å². The van der Waals surface area contributed by atoms with E-state index in [0.717, 1.165) is 5.56 Å². The number of carboxylic acid groups (broad SMARTS) is 1. The molecule has 0 aliphatic heterocycles. The van der Waals surface area contributed by atoms with Gasteiger partial charge in [0.25, 0.3) is 0 Å². The van der Waals surface area contributed by atoms with Crippen LogP contribution in [0.2, 0.25) is 0 Å². The van der Waals surface area contributed by atoms with E-state index in [1.165, 1.54) is 7.11 Å². The fourth-order valence-corrected chi connectivity index (χ4v) is 1.78. The molecule has 0 radical (unpaired) electrons. The van der Waals surface area contributed by atoms with Crippen LogP contribution in [0.25, 0.3) is 0 Å². The van der Waals surface area contributed by atoms with Crippen molar-refractivity contribution in [3.05, 3.63) is 29.8 Å². The molecule has 0 spiro atoms. The molecule has 0 bridgehead atoms. The lowest BCUT2D eigenvalue weighted by Gasteiger charge is -2.14. The predicted molar refractivity (Wildman–Crippen MR) is 79.3 cm³/mol. The van der Waals surface area contributed by atoms with Crippen molar-refractivity contribution in [3.8, 4) is 0 Å². The van der Waals surface area contributed by atoms with Gasteiger partial charge in [0.05, 0.1) is 12.5 Å². The number of anilines is 1. The van der Waals surface area contributed by atoms with E-state index in [1.54, 1.807) is 6.07 Å². The monoisotopic (exact) mass is 295 g/mol. The molecule has 0 saturated carbocycles. The Labute approximate surface area is 123 Å². The van der Waals surface area contributed by atoms with Gasteiger partial charge in [-0.15, -0.1) is 0 Å². The average molecular weight is 295 g/mol. The van der Waals surface area contributed by atoms with Crippen LogP contribution in [0, 0.1) is 0 Å². The highest BCUT2D eigenvalue weighted by Crippen LogP contribution is 2.10. The van der Waals surface area contributed by atoms with Gasteiger partial charge in [0, 0.05) is 25.9 Å². The van der Waals surface area contributed by atoms with E-state index in [0.29, 0.717) is 12.2 Å². The summed E-state index contributed by atoms with van der Waals surface area (Å²) in [6.07, 6.45) is -0.710. The van der Waals surface area contributed by atoms with E-state index in [1.807, 2.05) is 25.2 Å². The molecule has 1 rings (SSSR count). The number of ether oxygens (including phenoxy) is 1. The topological polar surface area (TPSA) is 99.7 Å². The molecule has 21 heavy (non-hydrogen) atoms. The lowest BCUT2D eigenvalue weighted by atomic mass is 10.2. The van der Waals surface area contributed by atoms with Crippen molar-refractivity contribution >= 4 is 17.7 Å². The van der Waals surface area contributed by atoms with Crippen LogP contribution in [0.5, 0.6) is 0 Å². The fourth-order valence-electron chi connectivity index (χ4n) is 1.78. The summed E-state index contributed by atoms with van der Waals surface area (Å²) in [6, 6.07) is 7.05. The highest BCUT2D eigenvalue weighted by atomic mass is 16.5. The minimum absolute atomic E-state index is 0.130. The van der Waals surface area contributed by atoms with Gasteiger partial charge >= 0.3 is 12.0 Å². The van der Waals surface area contributed by atoms with Gasteiger partial charge in [0.2, 0.25) is 0 Å². The zero-order valence-electron chi connectivity index (χ0n) is 12.2. The Morgan fingerprint density at radius 3 is 2.76 bits per heavy atom. The number of benzene rings is 1. The number of nitrogens with one attached hydrogen (secondary N) is 3. The fraction of sp³-hybridized carbons (Fsp3) is 0.429. The highest BCUT2D eigenvalue weighted by molar-refractivity contribution is 5.89. The summed E-state index contributed by atoms with van der Waals surface area (Å²) in [6.45, 7) is 0.840. The Balaban J connectivity index is 2.46. The van der Waals surface area contributed by atoms with Gasteiger partial charge in [-0.1, -0.05) is 12.1 Å². The molecule has 1 atom stereocenters. The van der Waals surface area contributed by atoms with Gasteiger partial charge in [-0.2, -0.15) is 0 Å². The number of hydrogen-bond acceptors (Lipinski definition) is 4. The first-order chi connectivity index (χ1) is 10.0. The zero-order chi connectivity index (χ0) is 15.7. The maximum absolute atomic E-state index is 11.7. The van der Waals surface area contributed by atoms with Crippen molar-refractivity contribution in [2.45, 2.75) is 19.1 Å². The van der Waals surface area contributed by atoms with E-state index < -0.39 is 18.1 Å². The molecule has 0 aromatic heterocycles. The number of carboxylic acids is 1. The molecule has 0 saturated heterocycles. The molecule has 7 heteroatoms. The molecule has 7 nitrogen and oxygen atoms in total. The number of hydrogen-bond donors (Lipinski definition) is 4.